The summed E-state index contributed by atoms with van der Waals surface area (Å²) in [4.78, 5) is 0. The van der Waals surface area contributed by atoms with Crippen LogP contribution < -0.4 is 0 Å². The predicted octanol–water partition coefficient (Wildman–Crippen LogP) is 3.47. The van der Waals surface area contributed by atoms with E-state index in [1.807, 2.05) is 67.6 Å². The molecule has 0 N–H and O–H groups in total. The maximum absolute atomic E-state index is 11.9. The normalized spacial score (nSPS) is 11.1. The topological polar surface area (TPSA) is 34.1 Å². The van der Waals surface area contributed by atoms with Crippen LogP contribution in [-0.4, -0.2) is 19.9 Å². The number of sulfone groups is 1. The predicted molar refractivity (Wildman–Crippen MR) is 92.2 cm³/mol. The van der Waals surface area contributed by atoms with Gasteiger partial charge in [-0.1, -0.05) is 72.0 Å². The Balaban J connectivity index is 1.91. The van der Waals surface area contributed by atoms with Gasteiger partial charge in [-0.15, -0.1) is 0 Å². The van der Waals surface area contributed by atoms with E-state index in [9.17, 15) is 8.42 Å². The van der Waals surface area contributed by atoms with Gasteiger partial charge in [-0.25, -0.2) is 8.42 Å². The molecule has 0 spiro atoms. The Morgan fingerprint density at radius 2 is 1.68 bits per heavy atom. The van der Waals surface area contributed by atoms with Gasteiger partial charge in [0.2, 0.25) is 0 Å². The van der Waals surface area contributed by atoms with E-state index < -0.39 is 9.84 Å². The van der Waals surface area contributed by atoms with Crippen molar-refractivity contribution < 1.29 is 8.42 Å². The van der Waals surface area contributed by atoms with Crippen LogP contribution in [0.25, 0.3) is 6.08 Å². The molecule has 0 aromatic heterocycles. The standard InChI is InChI=1S/C19H18O2S/c1-17-11-13-19(14-12-17)10-6-16-22(20,21)15-5-9-18-7-3-2-4-8-18/h2-4,6-8,10-14H,15-16H2,1H3/b10-6+. The molecular formula is C19H18O2S. The zero-order chi connectivity index (χ0) is 15.8. The third kappa shape index (κ3) is 5.59. The van der Waals surface area contributed by atoms with Gasteiger partial charge in [0, 0.05) is 5.56 Å². The van der Waals surface area contributed by atoms with Crippen molar-refractivity contribution in [1.29, 1.82) is 0 Å². The van der Waals surface area contributed by atoms with Crippen molar-refractivity contribution in [2.24, 2.45) is 0 Å². The van der Waals surface area contributed by atoms with E-state index in [4.69, 9.17) is 0 Å². The lowest BCUT2D eigenvalue weighted by atomic mass is 10.1. The van der Waals surface area contributed by atoms with Crippen LogP contribution in [0.3, 0.4) is 0 Å². The van der Waals surface area contributed by atoms with Crippen LogP contribution in [0.1, 0.15) is 16.7 Å². The molecule has 2 aromatic carbocycles. The fourth-order valence-corrected chi connectivity index (χ4v) is 2.64. The SMILES string of the molecule is Cc1ccc(/C=C/CS(=O)(=O)CC#Cc2ccccc2)cc1. The molecule has 0 saturated carbocycles. The lowest BCUT2D eigenvalue weighted by Gasteiger charge is -1.96. The van der Waals surface area contributed by atoms with E-state index in [1.165, 1.54) is 5.56 Å². The molecule has 0 aliphatic carbocycles. The van der Waals surface area contributed by atoms with Crippen molar-refractivity contribution >= 4 is 15.9 Å². The van der Waals surface area contributed by atoms with E-state index in [0.29, 0.717) is 0 Å². The van der Waals surface area contributed by atoms with Crippen molar-refractivity contribution in [3.8, 4) is 11.8 Å². The summed E-state index contributed by atoms with van der Waals surface area (Å²) in [5, 5.41) is 0. The molecule has 2 nitrogen and oxygen atoms in total. The first-order chi connectivity index (χ1) is 10.6. The van der Waals surface area contributed by atoms with Gasteiger partial charge in [0.1, 0.15) is 5.75 Å². The fourth-order valence-electron chi connectivity index (χ4n) is 1.84. The van der Waals surface area contributed by atoms with Crippen molar-refractivity contribution in [2.75, 3.05) is 11.5 Å². The Bertz CT molecular complexity index is 790. The van der Waals surface area contributed by atoms with E-state index in [2.05, 4.69) is 11.8 Å². The zero-order valence-electron chi connectivity index (χ0n) is 12.5. The quantitative estimate of drug-likeness (QED) is 0.810. The lowest BCUT2D eigenvalue weighted by Crippen LogP contribution is -2.07. The summed E-state index contributed by atoms with van der Waals surface area (Å²) in [6.45, 7) is 2.02. The first-order valence-corrected chi connectivity index (χ1v) is 8.85. The maximum atomic E-state index is 11.9. The van der Waals surface area contributed by atoms with Crippen LogP contribution >= 0.6 is 0 Å². The largest absolute Gasteiger partial charge is 0.228 e. The van der Waals surface area contributed by atoms with E-state index in [1.54, 1.807) is 6.08 Å². The molecular weight excluding hydrogens is 292 g/mol. The molecule has 0 unspecified atom stereocenters. The third-order valence-electron chi connectivity index (χ3n) is 3.04. The van der Waals surface area contributed by atoms with E-state index in [-0.39, 0.29) is 11.5 Å². The van der Waals surface area contributed by atoms with Gasteiger partial charge in [-0.05, 0) is 24.6 Å². The Kier molecular flexibility index (Phi) is 5.57. The van der Waals surface area contributed by atoms with Crippen LogP contribution in [0.2, 0.25) is 0 Å². The van der Waals surface area contributed by atoms with Crippen molar-refractivity contribution in [3.63, 3.8) is 0 Å². The van der Waals surface area contributed by atoms with E-state index >= 15 is 0 Å². The second-order valence-corrected chi connectivity index (χ2v) is 7.14. The van der Waals surface area contributed by atoms with Crippen LogP contribution in [0, 0.1) is 18.8 Å². The Hall–Kier alpha value is -2.31. The van der Waals surface area contributed by atoms with Crippen LogP contribution in [0.15, 0.2) is 60.7 Å². The minimum absolute atomic E-state index is 0.00431. The van der Waals surface area contributed by atoms with Crippen LogP contribution in [0.5, 0.6) is 0 Å². The molecule has 0 heterocycles. The fraction of sp³-hybridized carbons (Fsp3) is 0.158. The molecule has 0 bridgehead atoms. The summed E-state index contributed by atoms with van der Waals surface area (Å²) in [6, 6.07) is 17.3. The highest BCUT2D eigenvalue weighted by atomic mass is 32.2. The minimum Gasteiger partial charge on any atom is -0.228 e. The van der Waals surface area contributed by atoms with Gasteiger partial charge in [0.25, 0.3) is 0 Å². The first-order valence-electron chi connectivity index (χ1n) is 7.03. The molecule has 112 valence electrons. The van der Waals surface area contributed by atoms with Gasteiger partial charge in [0.05, 0.1) is 5.75 Å². The number of benzene rings is 2. The molecule has 0 fully saturated rings. The summed E-state index contributed by atoms with van der Waals surface area (Å²) < 4.78 is 23.8. The van der Waals surface area contributed by atoms with Gasteiger partial charge in [0.15, 0.2) is 9.84 Å². The summed E-state index contributed by atoms with van der Waals surface area (Å²) >= 11 is 0. The smallest absolute Gasteiger partial charge is 0.165 e. The Morgan fingerprint density at radius 3 is 2.36 bits per heavy atom. The zero-order valence-corrected chi connectivity index (χ0v) is 13.3. The number of aryl methyl sites for hydroxylation is 1. The van der Waals surface area contributed by atoms with Gasteiger partial charge in [-0.3, -0.25) is 0 Å². The summed E-state index contributed by atoms with van der Waals surface area (Å²) in [5.74, 6) is 5.47. The molecule has 22 heavy (non-hydrogen) atoms. The number of hydrogen-bond acceptors (Lipinski definition) is 2. The van der Waals surface area contributed by atoms with Crippen LogP contribution in [0.4, 0.5) is 0 Å². The third-order valence-corrected chi connectivity index (χ3v) is 4.32. The van der Waals surface area contributed by atoms with Crippen molar-refractivity contribution in [1.82, 2.24) is 0 Å². The van der Waals surface area contributed by atoms with Crippen LogP contribution in [-0.2, 0) is 9.84 Å². The first kappa shape index (κ1) is 16.1. The maximum Gasteiger partial charge on any atom is 0.165 e. The second kappa shape index (κ2) is 7.63. The molecule has 3 heteroatoms. The second-order valence-electron chi connectivity index (χ2n) is 5.04. The average molecular weight is 310 g/mol. The van der Waals surface area contributed by atoms with Gasteiger partial charge in [-0.2, -0.15) is 0 Å². The highest BCUT2D eigenvalue weighted by Crippen LogP contribution is 2.05. The molecule has 2 rings (SSSR count). The van der Waals surface area contributed by atoms with E-state index in [0.717, 1.165) is 11.1 Å². The number of hydrogen-bond donors (Lipinski definition) is 0. The summed E-state index contributed by atoms with van der Waals surface area (Å²) in [7, 11) is -3.19. The molecule has 0 aliphatic rings. The molecule has 0 amide bonds. The average Bonchev–Trinajstić information content (AvgIpc) is 2.50. The van der Waals surface area contributed by atoms with Crippen molar-refractivity contribution in [2.45, 2.75) is 6.92 Å². The lowest BCUT2D eigenvalue weighted by molar-refractivity contribution is 0.602. The Labute approximate surface area is 132 Å². The van der Waals surface area contributed by atoms with Crippen molar-refractivity contribution in [3.05, 3.63) is 77.4 Å². The molecule has 0 atom stereocenters. The van der Waals surface area contributed by atoms with Gasteiger partial charge < -0.3 is 0 Å². The number of rotatable bonds is 4. The summed E-state index contributed by atoms with van der Waals surface area (Å²) in [6.07, 6.45) is 3.49. The minimum atomic E-state index is -3.19. The molecule has 2 aromatic rings. The molecule has 0 aliphatic heterocycles. The highest BCUT2D eigenvalue weighted by Gasteiger charge is 2.05. The monoisotopic (exact) mass is 310 g/mol. The Morgan fingerprint density at radius 1 is 1.00 bits per heavy atom. The summed E-state index contributed by atoms with van der Waals surface area (Å²) in [5.41, 5.74) is 3.00. The molecule has 0 radical (unpaired) electrons. The van der Waals surface area contributed by atoms with Gasteiger partial charge >= 0.3 is 0 Å². The highest BCUT2D eigenvalue weighted by molar-refractivity contribution is 7.91. The molecule has 0 saturated heterocycles.